The first-order valence-electron chi connectivity index (χ1n) is 5.21. The summed E-state index contributed by atoms with van der Waals surface area (Å²) in [7, 11) is 0. The minimum absolute atomic E-state index is 0.391. The van der Waals surface area contributed by atoms with Gasteiger partial charge in [-0.3, -0.25) is 0 Å². The lowest BCUT2D eigenvalue weighted by atomic mass is 9.66. The van der Waals surface area contributed by atoms with Gasteiger partial charge in [0, 0.05) is 0 Å². The predicted octanol–water partition coefficient (Wildman–Crippen LogP) is 2.83. The van der Waals surface area contributed by atoms with E-state index in [1.807, 2.05) is 0 Å². The van der Waals surface area contributed by atoms with Crippen LogP contribution in [0.2, 0.25) is 0 Å². The summed E-state index contributed by atoms with van der Waals surface area (Å²) < 4.78 is 0. The van der Waals surface area contributed by atoms with E-state index < -0.39 is 5.60 Å². The number of aliphatic hydroxyl groups is 1. The van der Waals surface area contributed by atoms with Crippen LogP contribution in [0.3, 0.4) is 0 Å². The summed E-state index contributed by atoms with van der Waals surface area (Å²) in [6, 6.07) is 0. The van der Waals surface area contributed by atoms with Crippen molar-refractivity contribution in [3.8, 4) is 0 Å². The van der Waals surface area contributed by atoms with Gasteiger partial charge >= 0.3 is 0 Å². The van der Waals surface area contributed by atoms with Crippen molar-refractivity contribution in [1.82, 2.24) is 0 Å². The van der Waals surface area contributed by atoms with Crippen LogP contribution < -0.4 is 0 Å². The van der Waals surface area contributed by atoms with E-state index in [-0.39, 0.29) is 0 Å². The van der Waals surface area contributed by atoms with Gasteiger partial charge in [0.1, 0.15) is 0 Å². The molecular formula is C11H22O. The van der Waals surface area contributed by atoms with Crippen molar-refractivity contribution < 1.29 is 5.11 Å². The predicted molar refractivity (Wildman–Crippen MR) is 52.0 cm³/mol. The molecule has 0 heterocycles. The van der Waals surface area contributed by atoms with Gasteiger partial charge in [-0.25, -0.2) is 0 Å². The van der Waals surface area contributed by atoms with E-state index in [4.69, 9.17) is 0 Å². The lowest BCUT2D eigenvalue weighted by Crippen LogP contribution is -2.47. The van der Waals surface area contributed by atoms with Crippen LogP contribution in [-0.4, -0.2) is 10.7 Å². The molecule has 1 aliphatic carbocycles. The molecule has 12 heavy (non-hydrogen) atoms. The second-order valence-electron chi connectivity index (χ2n) is 4.80. The van der Waals surface area contributed by atoms with Gasteiger partial charge in [-0.05, 0) is 24.2 Å². The van der Waals surface area contributed by atoms with Gasteiger partial charge in [-0.2, -0.15) is 0 Å². The molecule has 72 valence electrons. The number of hydrogen-bond donors (Lipinski definition) is 1. The summed E-state index contributed by atoms with van der Waals surface area (Å²) in [6.07, 6.45) is 3.48. The molecule has 0 saturated heterocycles. The van der Waals surface area contributed by atoms with Crippen LogP contribution >= 0.6 is 0 Å². The van der Waals surface area contributed by atoms with Crippen LogP contribution in [0, 0.1) is 17.8 Å². The fraction of sp³-hybridized carbons (Fsp3) is 1.00. The average molecular weight is 170 g/mol. The van der Waals surface area contributed by atoms with Gasteiger partial charge in [0.15, 0.2) is 0 Å². The molecule has 0 bridgehead atoms. The molecule has 1 N–H and O–H groups in total. The maximum Gasteiger partial charge on any atom is 0.0698 e. The highest BCUT2D eigenvalue weighted by atomic mass is 16.3. The zero-order valence-corrected chi connectivity index (χ0v) is 8.80. The van der Waals surface area contributed by atoms with Crippen molar-refractivity contribution in [2.45, 2.75) is 52.6 Å². The molecule has 1 aliphatic rings. The Morgan fingerprint density at radius 1 is 1.33 bits per heavy atom. The molecule has 0 aliphatic heterocycles. The Bertz CT molecular complexity index is 153. The first-order chi connectivity index (χ1) is 5.48. The van der Waals surface area contributed by atoms with Gasteiger partial charge in [0.25, 0.3) is 0 Å². The summed E-state index contributed by atoms with van der Waals surface area (Å²) in [4.78, 5) is 0. The van der Waals surface area contributed by atoms with Crippen molar-refractivity contribution in [1.29, 1.82) is 0 Å². The first-order valence-corrected chi connectivity index (χ1v) is 5.21. The van der Waals surface area contributed by atoms with Crippen LogP contribution in [0.15, 0.2) is 0 Å². The largest absolute Gasteiger partial charge is 0.389 e. The van der Waals surface area contributed by atoms with Crippen molar-refractivity contribution in [2.24, 2.45) is 17.8 Å². The van der Waals surface area contributed by atoms with Crippen LogP contribution in [0.4, 0.5) is 0 Å². The summed E-state index contributed by atoms with van der Waals surface area (Å²) in [5, 5.41) is 10.4. The van der Waals surface area contributed by atoms with E-state index in [1.54, 1.807) is 0 Å². The van der Waals surface area contributed by atoms with Gasteiger partial charge in [-0.1, -0.05) is 40.5 Å². The van der Waals surface area contributed by atoms with Crippen LogP contribution in [-0.2, 0) is 0 Å². The Hall–Kier alpha value is -0.0400. The third-order valence-corrected chi connectivity index (χ3v) is 3.88. The summed E-state index contributed by atoms with van der Waals surface area (Å²) >= 11 is 0. The lowest BCUT2D eigenvalue weighted by molar-refractivity contribution is -0.0967. The molecule has 1 rings (SSSR count). The summed E-state index contributed by atoms with van der Waals surface area (Å²) in [5.74, 6) is 1.55. The molecule has 1 heteroatoms. The zero-order valence-electron chi connectivity index (χ0n) is 8.80. The molecule has 0 aromatic carbocycles. The molecule has 0 aromatic rings. The van der Waals surface area contributed by atoms with Crippen LogP contribution in [0.25, 0.3) is 0 Å². The highest BCUT2D eigenvalue weighted by Gasteiger charge is 2.41. The quantitative estimate of drug-likeness (QED) is 0.641. The molecular weight excluding hydrogens is 148 g/mol. The lowest BCUT2D eigenvalue weighted by Gasteiger charge is -2.44. The first kappa shape index (κ1) is 10.0. The highest BCUT2D eigenvalue weighted by molar-refractivity contribution is 4.92. The minimum atomic E-state index is -0.391. The fourth-order valence-corrected chi connectivity index (χ4v) is 2.49. The minimum Gasteiger partial charge on any atom is -0.389 e. The number of rotatable bonds is 1. The Balaban J connectivity index is 2.74. The number of hydrogen-bond acceptors (Lipinski definition) is 1. The Kier molecular flexibility index (Phi) is 2.82. The maximum absolute atomic E-state index is 10.4. The molecule has 0 aromatic heterocycles. The maximum atomic E-state index is 10.4. The van der Waals surface area contributed by atoms with E-state index in [0.29, 0.717) is 17.8 Å². The average Bonchev–Trinajstić information content (AvgIpc) is 2.00. The molecule has 0 radical (unpaired) electrons. The second kappa shape index (κ2) is 3.37. The van der Waals surface area contributed by atoms with E-state index in [0.717, 1.165) is 6.42 Å². The van der Waals surface area contributed by atoms with E-state index in [2.05, 4.69) is 27.7 Å². The van der Waals surface area contributed by atoms with Crippen LogP contribution in [0.1, 0.15) is 47.0 Å². The van der Waals surface area contributed by atoms with Gasteiger partial charge in [0.05, 0.1) is 5.60 Å². The van der Waals surface area contributed by atoms with Crippen molar-refractivity contribution in [3.05, 3.63) is 0 Å². The van der Waals surface area contributed by atoms with E-state index in [9.17, 15) is 5.11 Å². The van der Waals surface area contributed by atoms with Crippen molar-refractivity contribution in [2.75, 3.05) is 0 Å². The second-order valence-corrected chi connectivity index (χ2v) is 4.80. The highest BCUT2D eigenvalue weighted by Crippen LogP contribution is 2.41. The Morgan fingerprint density at radius 2 is 1.92 bits per heavy atom. The molecule has 0 spiro atoms. The zero-order chi connectivity index (χ0) is 9.35. The molecule has 3 atom stereocenters. The smallest absolute Gasteiger partial charge is 0.0698 e. The van der Waals surface area contributed by atoms with Crippen LogP contribution in [0.5, 0.6) is 0 Å². The summed E-state index contributed by atoms with van der Waals surface area (Å²) in [5.41, 5.74) is -0.391. The van der Waals surface area contributed by atoms with Gasteiger partial charge in [-0.15, -0.1) is 0 Å². The molecule has 1 saturated carbocycles. The molecule has 1 nitrogen and oxygen atoms in total. The van der Waals surface area contributed by atoms with Crippen molar-refractivity contribution in [3.63, 3.8) is 0 Å². The third kappa shape index (κ3) is 1.52. The third-order valence-electron chi connectivity index (χ3n) is 3.88. The van der Waals surface area contributed by atoms with Gasteiger partial charge in [0.2, 0.25) is 0 Å². The van der Waals surface area contributed by atoms with E-state index in [1.165, 1.54) is 12.8 Å². The van der Waals surface area contributed by atoms with E-state index >= 15 is 0 Å². The SMILES string of the molecule is CC1CCCC(O)(C(C)C)C1C. The monoisotopic (exact) mass is 170 g/mol. The summed E-state index contributed by atoms with van der Waals surface area (Å²) in [6.45, 7) is 8.73. The molecule has 1 fully saturated rings. The Morgan fingerprint density at radius 3 is 2.33 bits per heavy atom. The molecule has 0 amide bonds. The fourth-order valence-electron chi connectivity index (χ4n) is 2.49. The van der Waals surface area contributed by atoms with Crippen molar-refractivity contribution >= 4 is 0 Å². The Labute approximate surface area is 76.2 Å². The standard InChI is InChI=1S/C11H22O/c1-8(2)11(12)7-5-6-9(3)10(11)4/h8-10,12H,5-7H2,1-4H3. The molecule has 3 unspecified atom stereocenters. The normalized spacial score (nSPS) is 43.5. The topological polar surface area (TPSA) is 20.2 Å². The van der Waals surface area contributed by atoms with Gasteiger partial charge < -0.3 is 5.11 Å².